The normalized spacial score (nSPS) is 19.2. The second kappa shape index (κ2) is 5.40. The van der Waals surface area contributed by atoms with Crippen molar-refractivity contribution in [3.05, 3.63) is 24.4 Å². The van der Waals surface area contributed by atoms with E-state index in [0.29, 0.717) is 18.3 Å². The predicted molar refractivity (Wildman–Crippen MR) is 67.7 cm³/mol. The number of piperidine rings is 1. The maximum Gasteiger partial charge on any atom is 0.316 e. The number of likely N-dealkylation sites (tertiary alicyclic amines) is 1. The van der Waals surface area contributed by atoms with Gasteiger partial charge in [-0.2, -0.15) is 10.1 Å². The lowest BCUT2D eigenvalue weighted by Gasteiger charge is -2.29. The molecular formula is C12H16N6O2. The number of carbonyl (C=O) groups excluding carboxylic acids is 1. The average Bonchev–Trinajstić information content (AvgIpc) is 3.10. The first-order valence-corrected chi connectivity index (χ1v) is 6.66. The van der Waals surface area contributed by atoms with Crippen LogP contribution in [0.5, 0.6) is 0 Å². The monoisotopic (exact) mass is 276 g/mol. The van der Waals surface area contributed by atoms with Crippen LogP contribution in [0.3, 0.4) is 0 Å². The molecule has 1 saturated heterocycles. The van der Waals surface area contributed by atoms with Crippen LogP contribution in [0.15, 0.2) is 17.2 Å². The molecule has 2 aromatic rings. The Labute approximate surface area is 115 Å². The summed E-state index contributed by atoms with van der Waals surface area (Å²) in [6.07, 6.45) is 5.17. The number of hydrogen-bond donors (Lipinski definition) is 0. The first-order chi connectivity index (χ1) is 9.72. The SMILES string of the molecule is C[C@H]1CCCN(C(=O)c2nc(Cn3cncn3)no2)C1. The molecule has 20 heavy (non-hydrogen) atoms. The van der Waals surface area contributed by atoms with Gasteiger partial charge < -0.3 is 9.42 Å². The van der Waals surface area contributed by atoms with E-state index in [-0.39, 0.29) is 11.8 Å². The van der Waals surface area contributed by atoms with E-state index in [2.05, 4.69) is 27.1 Å². The molecule has 1 atom stereocenters. The van der Waals surface area contributed by atoms with Crippen LogP contribution in [0, 0.1) is 5.92 Å². The van der Waals surface area contributed by atoms with Crippen LogP contribution in [-0.2, 0) is 6.54 Å². The lowest BCUT2D eigenvalue weighted by atomic mass is 10.0. The Morgan fingerprint density at radius 3 is 3.20 bits per heavy atom. The average molecular weight is 276 g/mol. The quantitative estimate of drug-likeness (QED) is 0.814. The summed E-state index contributed by atoms with van der Waals surface area (Å²) in [4.78, 5) is 22.0. The predicted octanol–water partition coefficient (Wildman–Crippen LogP) is 0.581. The third-order valence-corrected chi connectivity index (χ3v) is 3.37. The van der Waals surface area contributed by atoms with Gasteiger partial charge in [-0.25, -0.2) is 9.67 Å². The number of rotatable bonds is 3. The smallest absolute Gasteiger partial charge is 0.316 e. The number of hydrogen-bond acceptors (Lipinski definition) is 6. The van der Waals surface area contributed by atoms with Crippen molar-refractivity contribution < 1.29 is 9.32 Å². The highest BCUT2D eigenvalue weighted by Gasteiger charge is 2.26. The zero-order valence-electron chi connectivity index (χ0n) is 11.3. The summed E-state index contributed by atoms with van der Waals surface area (Å²) in [7, 11) is 0. The lowest BCUT2D eigenvalue weighted by molar-refractivity contribution is 0.0633. The van der Waals surface area contributed by atoms with Gasteiger partial charge in [-0.1, -0.05) is 12.1 Å². The van der Waals surface area contributed by atoms with Crippen LogP contribution in [0.4, 0.5) is 0 Å². The van der Waals surface area contributed by atoms with Crippen molar-refractivity contribution in [1.82, 2.24) is 29.8 Å². The molecule has 1 amide bonds. The molecule has 1 aliphatic rings. The van der Waals surface area contributed by atoms with Crippen molar-refractivity contribution in [3.8, 4) is 0 Å². The number of carbonyl (C=O) groups is 1. The minimum Gasteiger partial charge on any atom is -0.334 e. The van der Waals surface area contributed by atoms with E-state index in [4.69, 9.17) is 4.52 Å². The van der Waals surface area contributed by atoms with Gasteiger partial charge in [0.25, 0.3) is 0 Å². The lowest BCUT2D eigenvalue weighted by Crippen LogP contribution is -2.39. The summed E-state index contributed by atoms with van der Waals surface area (Å²) >= 11 is 0. The van der Waals surface area contributed by atoms with Gasteiger partial charge in [0.1, 0.15) is 19.2 Å². The van der Waals surface area contributed by atoms with Crippen LogP contribution in [0.2, 0.25) is 0 Å². The third kappa shape index (κ3) is 2.68. The van der Waals surface area contributed by atoms with Crippen molar-refractivity contribution in [2.45, 2.75) is 26.3 Å². The Hall–Kier alpha value is -2.25. The van der Waals surface area contributed by atoms with Crippen LogP contribution in [0.1, 0.15) is 36.3 Å². The Balaban J connectivity index is 1.68. The third-order valence-electron chi connectivity index (χ3n) is 3.37. The summed E-state index contributed by atoms with van der Waals surface area (Å²) in [5.41, 5.74) is 0. The molecule has 8 heteroatoms. The molecule has 0 spiro atoms. The number of amides is 1. The first kappa shape index (κ1) is 12.8. The topological polar surface area (TPSA) is 89.9 Å². The van der Waals surface area contributed by atoms with E-state index in [1.54, 1.807) is 15.9 Å². The molecule has 0 unspecified atom stereocenters. The van der Waals surface area contributed by atoms with E-state index in [9.17, 15) is 4.79 Å². The van der Waals surface area contributed by atoms with Crippen LogP contribution in [0.25, 0.3) is 0 Å². The van der Waals surface area contributed by atoms with Gasteiger partial charge in [-0.3, -0.25) is 4.79 Å². The molecule has 3 rings (SSSR count). The van der Waals surface area contributed by atoms with Gasteiger partial charge in [0, 0.05) is 13.1 Å². The second-order valence-corrected chi connectivity index (χ2v) is 5.11. The summed E-state index contributed by atoms with van der Waals surface area (Å²) in [6.45, 7) is 3.99. The second-order valence-electron chi connectivity index (χ2n) is 5.11. The van der Waals surface area contributed by atoms with E-state index in [1.807, 2.05) is 0 Å². The first-order valence-electron chi connectivity index (χ1n) is 6.66. The summed E-state index contributed by atoms with van der Waals surface area (Å²) in [6, 6.07) is 0. The Morgan fingerprint density at radius 2 is 2.45 bits per heavy atom. The van der Waals surface area contributed by atoms with Gasteiger partial charge in [0.05, 0.1) is 0 Å². The van der Waals surface area contributed by atoms with Gasteiger partial charge in [0.15, 0.2) is 5.82 Å². The number of nitrogens with zero attached hydrogens (tertiary/aromatic N) is 6. The molecule has 0 bridgehead atoms. The molecule has 3 heterocycles. The summed E-state index contributed by atoms with van der Waals surface area (Å²) in [5.74, 6) is 0.803. The minimum absolute atomic E-state index is 0.0502. The molecule has 0 radical (unpaired) electrons. The minimum atomic E-state index is -0.186. The van der Waals surface area contributed by atoms with Crippen molar-refractivity contribution in [2.75, 3.05) is 13.1 Å². The zero-order chi connectivity index (χ0) is 13.9. The Bertz CT molecular complexity index is 579. The van der Waals surface area contributed by atoms with Crippen LogP contribution in [-0.4, -0.2) is 48.8 Å². The zero-order valence-corrected chi connectivity index (χ0v) is 11.3. The molecule has 1 aliphatic heterocycles. The standard InChI is InChI=1S/C12H16N6O2/c1-9-3-2-4-17(5-9)12(19)11-15-10(16-20-11)6-18-8-13-7-14-18/h7-9H,2-6H2,1H3/t9-/m0/s1. The Morgan fingerprint density at radius 1 is 1.55 bits per heavy atom. The van der Waals surface area contributed by atoms with Crippen LogP contribution >= 0.6 is 0 Å². The maximum atomic E-state index is 12.3. The van der Waals surface area contributed by atoms with Gasteiger partial charge in [-0.05, 0) is 18.8 Å². The van der Waals surface area contributed by atoms with Crippen molar-refractivity contribution in [1.29, 1.82) is 0 Å². The van der Waals surface area contributed by atoms with E-state index >= 15 is 0 Å². The van der Waals surface area contributed by atoms with Gasteiger partial charge in [0.2, 0.25) is 0 Å². The van der Waals surface area contributed by atoms with Gasteiger partial charge in [-0.15, -0.1) is 0 Å². The van der Waals surface area contributed by atoms with Crippen molar-refractivity contribution in [3.63, 3.8) is 0 Å². The van der Waals surface area contributed by atoms with Crippen molar-refractivity contribution >= 4 is 5.91 Å². The van der Waals surface area contributed by atoms with E-state index in [1.165, 1.54) is 6.33 Å². The molecule has 106 valence electrons. The maximum absolute atomic E-state index is 12.3. The highest BCUT2D eigenvalue weighted by atomic mass is 16.5. The van der Waals surface area contributed by atoms with E-state index < -0.39 is 0 Å². The van der Waals surface area contributed by atoms with Crippen LogP contribution < -0.4 is 0 Å². The molecule has 0 saturated carbocycles. The highest BCUT2D eigenvalue weighted by molar-refractivity contribution is 5.89. The number of aromatic nitrogens is 5. The van der Waals surface area contributed by atoms with Gasteiger partial charge >= 0.3 is 11.8 Å². The molecule has 1 fully saturated rings. The van der Waals surface area contributed by atoms with E-state index in [0.717, 1.165) is 25.9 Å². The molecule has 8 nitrogen and oxygen atoms in total. The fourth-order valence-corrected chi connectivity index (χ4v) is 2.37. The molecule has 0 N–H and O–H groups in total. The fourth-order valence-electron chi connectivity index (χ4n) is 2.37. The highest BCUT2D eigenvalue weighted by Crippen LogP contribution is 2.17. The summed E-state index contributed by atoms with van der Waals surface area (Å²) < 4.78 is 6.62. The largest absolute Gasteiger partial charge is 0.334 e. The molecule has 2 aromatic heterocycles. The Kier molecular flexibility index (Phi) is 3.44. The summed E-state index contributed by atoms with van der Waals surface area (Å²) in [5, 5.41) is 7.76. The molecule has 0 aliphatic carbocycles. The van der Waals surface area contributed by atoms with Crippen molar-refractivity contribution in [2.24, 2.45) is 5.92 Å². The fraction of sp³-hybridized carbons (Fsp3) is 0.583. The molecular weight excluding hydrogens is 260 g/mol. The molecule has 0 aromatic carbocycles.